The largest absolute Gasteiger partial charge is 1.00 e. The van der Waals surface area contributed by atoms with E-state index in [-0.39, 0.29) is 58.4 Å². The molecule has 0 amide bonds. The summed E-state index contributed by atoms with van der Waals surface area (Å²) in [4.78, 5) is 32.8. The molecule has 0 bridgehead atoms. The van der Waals surface area contributed by atoms with E-state index in [0.717, 1.165) is 34.4 Å². The van der Waals surface area contributed by atoms with Gasteiger partial charge < -0.3 is 6.16 Å². The minimum Gasteiger partial charge on any atom is -1.00 e. The van der Waals surface area contributed by atoms with Gasteiger partial charge in [0.2, 0.25) is 0 Å². The summed E-state index contributed by atoms with van der Waals surface area (Å²) < 4.78 is 11.9. The second-order valence-electron chi connectivity index (χ2n) is 9.72. The Morgan fingerprint density at radius 1 is 1.05 bits per heavy atom. The molecular formula is C32H30KN5O4. The van der Waals surface area contributed by atoms with Gasteiger partial charge >= 0.3 is 57.1 Å². The van der Waals surface area contributed by atoms with Crippen LogP contribution in [0.1, 0.15) is 44.3 Å². The van der Waals surface area contributed by atoms with E-state index in [1.54, 1.807) is 35.8 Å². The van der Waals surface area contributed by atoms with Gasteiger partial charge in [0.05, 0.1) is 11.4 Å². The summed E-state index contributed by atoms with van der Waals surface area (Å²) in [6, 6.07) is 24.7. The first-order chi connectivity index (χ1) is 19.9. The van der Waals surface area contributed by atoms with Crippen LogP contribution < -0.4 is 67.4 Å². The molecule has 3 aromatic carbocycles. The van der Waals surface area contributed by atoms with Gasteiger partial charge in [-0.25, -0.2) is 9.78 Å². The van der Waals surface area contributed by atoms with Crippen LogP contribution in [0.4, 0.5) is 0 Å². The van der Waals surface area contributed by atoms with E-state index < -0.39 is 11.9 Å². The Kier molecular flexibility index (Phi) is 10.5. The quantitative estimate of drug-likeness (QED) is 0.263. The number of ether oxygens (including phenoxy) is 1. The van der Waals surface area contributed by atoms with Gasteiger partial charge in [-0.3, -0.25) is 18.9 Å². The fraction of sp³-hybridized carbons (Fsp3) is 0.219. The van der Waals surface area contributed by atoms with E-state index in [9.17, 15) is 9.59 Å². The molecule has 0 fully saturated rings. The van der Waals surface area contributed by atoms with Crippen molar-refractivity contribution in [2.24, 2.45) is 0 Å². The number of benzene rings is 3. The van der Waals surface area contributed by atoms with Crippen LogP contribution >= 0.6 is 0 Å². The Morgan fingerprint density at radius 3 is 2.36 bits per heavy atom. The average molecular weight is 588 g/mol. The van der Waals surface area contributed by atoms with Crippen LogP contribution in [0.3, 0.4) is 0 Å². The molecule has 2 aromatic heterocycles. The molecule has 0 saturated heterocycles. The van der Waals surface area contributed by atoms with Crippen LogP contribution in [0.2, 0.25) is 0 Å². The predicted octanol–water partition coefficient (Wildman–Crippen LogP) is 2.50. The van der Waals surface area contributed by atoms with Gasteiger partial charge in [-0.2, -0.15) is 5.26 Å². The number of aromatic nitrogens is 4. The molecule has 2 heterocycles. The van der Waals surface area contributed by atoms with E-state index in [2.05, 4.69) is 17.1 Å². The number of nitriles is 1. The van der Waals surface area contributed by atoms with Gasteiger partial charge in [0, 0.05) is 17.5 Å². The van der Waals surface area contributed by atoms with Gasteiger partial charge in [0.15, 0.2) is 11.9 Å². The molecule has 5 aromatic rings. The first-order valence-corrected chi connectivity index (χ1v) is 13.4. The summed E-state index contributed by atoms with van der Waals surface area (Å²) in [5, 5.41) is 12.8. The van der Waals surface area contributed by atoms with Crippen molar-refractivity contribution in [3.63, 3.8) is 0 Å². The maximum absolute atomic E-state index is 13.9. The van der Waals surface area contributed by atoms with Crippen LogP contribution in [0.25, 0.3) is 28.2 Å². The van der Waals surface area contributed by atoms with Crippen LogP contribution in [-0.4, -0.2) is 25.8 Å². The van der Waals surface area contributed by atoms with Crippen LogP contribution in [0, 0.1) is 18.3 Å². The second-order valence-corrected chi connectivity index (χ2v) is 9.72. The van der Waals surface area contributed by atoms with E-state index in [1.165, 1.54) is 0 Å². The van der Waals surface area contributed by atoms with Gasteiger partial charge in [-0.15, -0.1) is 0 Å². The van der Waals surface area contributed by atoms with Crippen LogP contribution in [0.5, 0.6) is 5.75 Å². The SMILES string of the molecule is CCCc1nc(C)n(-c2ccc(OC(C)C#N)cc2)c(=O)c1Cc1ccc(-c2ccccc2-c2noc(=O)[nH]2)cc1.[H-].[K+]. The number of hydrogen-bond donors (Lipinski definition) is 1. The molecule has 5 rings (SSSR count). The summed E-state index contributed by atoms with van der Waals surface area (Å²) >= 11 is 0. The third-order valence-corrected chi connectivity index (χ3v) is 6.77. The van der Waals surface area contributed by atoms with Crippen molar-refractivity contribution in [3.05, 3.63) is 116 Å². The smallest absolute Gasteiger partial charge is 1.00 e. The van der Waals surface area contributed by atoms with Crippen LogP contribution in [0.15, 0.2) is 86.9 Å². The Balaban J connectivity index is 0.00000253. The standard InChI is InChI=1S/C32H29N5O4.K.H/c1-4-7-29-28(31(38)37(21(3)34-29)24-14-16-25(17-15-24)40-20(2)19-33)18-22-10-12-23(13-11-22)26-8-5-6-9-27(26)30-35-32(39)41-36-30;;/h5-6,8-17,20H,4,7,18H2,1-3H3,(H,35,36,39);;/q;+1;-1. The number of hydrogen-bond acceptors (Lipinski definition) is 7. The molecule has 1 unspecified atom stereocenters. The number of H-pyrrole nitrogens is 1. The third-order valence-electron chi connectivity index (χ3n) is 6.77. The molecule has 9 nitrogen and oxygen atoms in total. The van der Waals surface area contributed by atoms with Gasteiger partial charge in [0.25, 0.3) is 5.56 Å². The molecule has 0 aliphatic rings. The van der Waals surface area contributed by atoms with Crippen LogP contribution in [-0.2, 0) is 12.8 Å². The van der Waals surface area contributed by atoms with Crippen molar-refractivity contribution in [1.82, 2.24) is 19.7 Å². The summed E-state index contributed by atoms with van der Waals surface area (Å²) in [7, 11) is 0. The second kappa shape index (κ2) is 14.0. The molecule has 0 saturated carbocycles. The van der Waals surface area contributed by atoms with E-state index in [4.69, 9.17) is 19.5 Å². The molecule has 0 aliphatic carbocycles. The maximum Gasteiger partial charge on any atom is 1.00 e. The molecule has 0 radical (unpaired) electrons. The number of nitrogens with one attached hydrogen (secondary N) is 1. The fourth-order valence-corrected chi connectivity index (χ4v) is 4.84. The Hall–Kier alpha value is -3.59. The first kappa shape index (κ1) is 31.3. The van der Waals surface area contributed by atoms with Crippen molar-refractivity contribution < 1.29 is 62.1 Å². The van der Waals surface area contributed by atoms with Gasteiger partial charge in [-0.05, 0) is 61.2 Å². The van der Waals surface area contributed by atoms with Crippen molar-refractivity contribution >= 4 is 0 Å². The molecule has 1 N–H and O–H groups in total. The molecule has 42 heavy (non-hydrogen) atoms. The molecule has 208 valence electrons. The number of rotatable bonds is 9. The van der Waals surface area contributed by atoms with Gasteiger partial charge in [0.1, 0.15) is 17.6 Å². The zero-order valence-corrected chi connectivity index (χ0v) is 27.2. The minimum absolute atomic E-state index is 0. The summed E-state index contributed by atoms with van der Waals surface area (Å²) in [6.45, 7) is 5.58. The summed E-state index contributed by atoms with van der Waals surface area (Å²) in [5.74, 6) is 0.924. The maximum atomic E-state index is 13.9. The fourth-order valence-electron chi connectivity index (χ4n) is 4.84. The Morgan fingerprint density at radius 2 is 1.74 bits per heavy atom. The van der Waals surface area contributed by atoms with E-state index in [0.29, 0.717) is 41.5 Å². The summed E-state index contributed by atoms with van der Waals surface area (Å²) in [6.07, 6.45) is 1.43. The Labute approximate surface area is 287 Å². The molecule has 0 aliphatic heterocycles. The van der Waals surface area contributed by atoms with Gasteiger partial charge in [-0.1, -0.05) is 67.0 Å². The monoisotopic (exact) mass is 587 g/mol. The summed E-state index contributed by atoms with van der Waals surface area (Å²) in [5.41, 5.74) is 5.59. The van der Waals surface area contributed by atoms with Crippen molar-refractivity contribution in [2.45, 2.75) is 46.1 Å². The predicted molar refractivity (Wildman–Crippen MR) is 156 cm³/mol. The minimum atomic E-state index is -0.608. The number of aromatic amines is 1. The van der Waals surface area contributed by atoms with Crippen molar-refractivity contribution in [2.75, 3.05) is 0 Å². The zero-order valence-electron chi connectivity index (χ0n) is 25.0. The number of aryl methyl sites for hydroxylation is 2. The molecular weight excluding hydrogens is 557 g/mol. The normalized spacial score (nSPS) is 11.4. The topological polar surface area (TPSA) is 127 Å². The molecule has 1 atom stereocenters. The van der Waals surface area contributed by atoms with Crippen molar-refractivity contribution in [3.8, 4) is 40.0 Å². The first-order valence-electron chi connectivity index (χ1n) is 13.4. The van der Waals surface area contributed by atoms with Crippen molar-refractivity contribution in [1.29, 1.82) is 5.26 Å². The number of nitrogens with zero attached hydrogens (tertiary/aromatic N) is 4. The molecule has 10 heteroatoms. The molecule has 0 spiro atoms. The average Bonchev–Trinajstić information content (AvgIpc) is 3.42. The Bertz CT molecular complexity index is 1840. The van der Waals surface area contributed by atoms with E-state index >= 15 is 0 Å². The third kappa shape index (κ3) is 6.89. The zero-order chi connectivity index (χ0) is 28.9. The van der Waals surface area contributed by atoms with E-state index in [1.807, 2.05) is 61.5 Å².